The van der Waals surface area contributed by atoms with Crippen molar-refractivity contribution in [1.29, 1.82) is 0 Å². The number of rotatable bonds is 2. The van der Waals surface area contributed by atoms with Gasteiger partial charge in [0.05, 0.1) is 0 Å². The molecule has 15 heavy (non-hydrogen) atoms. The van der Waals surface area contributed by atoms with Crippen molar-refractivity contribution in [1.82, 2.24) is 4.98 Å². The van der Waals surface area contributed by atoms with E-state index in [9.17, 15) is 8.78 Å². The fourth-order valence-corrected chi connectivity index (χ4v) is 1.41. The van der Waals surface area contributed by atoms with Gasteiger partial charge in [-0.1, -0.05) is 18.2 Å². The first-order valence-electron chi connectivity index (χ1n) is 4.48. The number of alkyl halides is 2. The highest BCUT2D eigenvalue weighted by molar-refractivity contribution is 5.84. The van der Waals surface area contributed by atoms with Crippen molar-refractivity contribution in [3.63, 3.8) is 0 Å². The van der Waals surface area contributed by atoms with Gasteiger partial charge in [0.1, 0.15) is 5.52 Å². The van der Waals surface area contributed by atoms with Gasteiger partial charge < -0.3 is 4.74 Å². The summed E-state index contributed by atoms with van der Waals surface area (Å²) in [5, 5.41) is 0.791. The van der Waals surface area contributed by atoms with Crippen molar-refractivity contribution in [3.8, 4) is 5.75 Å². The highest BCUT2D eigenvalue weighted by atomic mass is 19.3. The van der Waals surface area contributed by atoms with Gasteiger partial charge in [-0.2, -0.15) is 8.78 Å². The van der Waals surface area contributed by atoms with Gasteiger partial charge in [-0.15, -0.1) is 0 Å². The number of nitrogens with zero attached hydrogens (tertiary/aromatic N) is 1. The summed E-state index contributed by atoms with van der Waals surface area (Å²) in [5.41, 5.74) is 1.24. The van der Waals surface area contributed by atoms with E-state index < -0.39 is 6.61 Å². The predicted octanol–water partition coefficient (Wildman–Crippen LogP) is 3.14. The molecule has 0 fully saturated rings. The number of pyridine rings is 1. The van der Waals surface area contributed by atoms with Crippen LogP contribution in [0.5, 0.6) is 5.75 Å². The van der Waals surface area contributed by atoms with Crippen LogP contribution in [-0.4, -0.2) is 11.6 Å². The Bertz CT molecular complexity index is 485. The largest absolute Gasteiger partial charge is 0.432 e. The van der Waals surface area contributed by atoms with Crippen molar-refractivity contribution >= 4 is 10.9 Å². The fraction of sp³-hybridized carbons (Fsp3) is 0.182. The molecule has 0 spiro atoms. The number of hydrogen-bond acceptors (Lipinski definition) is 2. The Morgan fingerprint density at radius 3 is 2.73 bits per heavy atom. The third-order valence-electron chi connectivity index (χ3n) is 2.04. The molecular formula is C11H9F2NO. The van der Waals surface area contributed by atoms with Gasteiger partial charge in [0.2, 0.25) is 0 Å². The molecule has 1 heterocycles. The third-order valence-corrected chi connectivity index (χ3v) is 2.04. The Morgan fingerprint density at radius 1 is 1.20 bits per heavy atom. The zero-order valence-corrected chi connectivity index (χ0v) is 8.08. The van der Waals surface area contributed by atoms with Crippen molar-refractivity contribution in [3.05, 3.63) is 36.0 Å². The van der Waals surface area contributed by atoms with Crippen LogP contribution >= 0.6 is 0 Å². The van der Waals surface area contributed by atoms with Crippen LogP contribution in [0.4, 0.5) is 8.78 Å². The van der Waals surface area contributed by atoms with E-state index in [-0.39, 0.29) is 5.75 Å². The standard InChI is InChI=1S/C11H9F2NO/c1-7-5-6-8-3-2-4-9(10(8)14-7)15-11(12)13/h2-6,11H,1H3. The first kappa shape index (κ1) is 9.83. The Labute approximate surface area is 85.5 Å². The number of aryl methyl sites for hydroxylation is 1. The first-order chi connectivity index (χ1) is 7.16. The van der Waals surface area contributed by atoms with Crippen LogP contribution in [0, 0.1) is 6.92 Å². The zero-order valence-electron chi connectivity index (χ0n) is 8.08. The number of halogens is 2. The van der Waals surface area contributed by atoms with Crippen LogP contribution < -0.4 is 4.74 Å². The van der Waals surface area contributed by atoms with Crippen LogP contribution in [0.15, 0.2) is 30.3 Å². The van der Waals surface area contributed by atoms with Gasteiger partial charge in [0.15, 0.2) is 5.75 Å². The quantitative estimate of drug-likeness (QED) is 0.758. The molecule has 0 unspecified atom stereocenters. The van der Waals surface area contributed by atoms with Gasteiger partial charge in [0.25, 0.3) is 0 Å². The molecule has 2 aromatic rings. The topological polar surface area (TPSA) is 22.1 Å². The Hall–Kier alpha value is -1.71. The van der Waals surface area contributed by atoms with E-state index in [4.69, 9.17) is 0 Å². The van der Waals surface area contributed by atoms with Gasteiger partial charge in [-0.25, -0.2) is 4.98 Å². The fourth-order valence-electron chi connectivity index (χ4n) is 1.41. The third kappa shape index (κ3) is 2.03. The first-order valence-corrected chi connectivity index (χ1v) is 4.48. The molecular weight excluding hydrogens is 200 g/mol. The molecule has 0 saturated heterocycles. The summed E-state index contributed by atoms with van der Waals surface area (Å²) in [7, 11) is 0. The Kier molecular flexibility index (Phi) is 2.49. The summed E-state index contributed by atoms with van der Waals surface area (Å²) in [4.78, 5) is 4.17. The lowest BCUT2D eigenvalue weighted by atomic mass is 10.2. The lowest BCUT2D eigenvalue weighted by molar-refractivity contribution is -0.0489. The molecule has 0 aliphatic carbocycles. The van der Waals surface area contributed by atoms with E-state index in [1.54, 1.807) is 19.1 Å². The molecule has 1 aromatic heterocycles. The molecule has 0 atom stereocenters. The minimum atomic E-state index is -2.82. The average molecular weight is 209 g/mol. The highest BCUT2D eigenvalue weighted by Gasteiger charge is 2.08. The molecule has 0 amide bonds. The molecule has 1 aromatic carbocycles. The number of ether oxygens (including phenoxy) is 1. The molecule has 78 valence electrons. The second-order valence-corrected chi connectivity index (χ2v) is 3.16. The second-order valence-electron chi connectivity index (χ2n) is 3.16. The summed E-state index contributed by atoms with van der Waals surface area (Å²) in [6.07, 6.45) is 0. The average Bonchev–Trinajstić information content (AvgIpc) is 2.18. The van der Waals surface area contributed by atoms with Gasteiger partial charge in [-0.3, -0.25) is 0 Å². The summed E-state index contributed by atoms with van der Waals surface area (Å²) in [6.45, 7) is -1.02. The van der Waals surface area contributed by atoms with E-state index in [0.717, 1.165) is 11.1 Å². The zero-order chi connectivity index (χ0) is 10.8. The predicted molar refractivity (Wildman–Crippen MR) is 53.1 cm³/mol. The van der Waals surface area contributed by atoms with E-state index in [0.29, 0.717) is 5.52 Å². The Morgan fingerprint density at radius 2 is 2.00 bits per heavy atom. The number of fused-ring (bicyclic) bond motifs is 1. The highest BCUT2D eigenvalue weighted by Crippen LogP contribution is 2.25. The molecule has 4 heteroatoms. The number of para-hydroxylation sites is 1. The SMILES string of the molecule is Cc1ccc2cccc(OC(F)F)c2n1. The molecule has 0 N–H and O–H groups in total. The van der Waals surface area contributed by atoms with Crippen molar-refractivity contribution in [2.75, 3.05) is 0 Å². The number of benzene rings is 1. The maximum atomic E-state index is 12.1. The van der Waals surface area contributed by atoms with Crippen LogP contribution in [0.2, 0.25) is 0 Å². The summed E-state index contributed by atoms with van der Waals surface area (Å²) < 4.78 is 28.6. The molecule has 0 aliphatic heterocycles. The van der Waals surface area contributed by atoms with Gasteiger partial charge in [0, 0.05) is 11.1 Å². The van der Waals surface area contributed by atoms with Crippen molar-refractivity contribution in [2.24, 2.45) is 0 Å². The lowest BCUT2D eigenvalue weighted by Gasteiger charge is -2.07. The smallest absolute Gasteiger partial charge is 0.387 e. The Balaban J connectivity index is 2.58. The normalized spacial score (nSPS) is 10.9. The summed E-state index contributed by atoms with van der Waals surface area (Å²) in [5.74, 6) is 0.117. The molecule has 2 rings (SSSR count). The molecule has 0 saturated carbocycles. The van der Waals surface area contributed by atoms with Crippen LogP contribution in [0.1, 0.15) is 5.69 Å². The monoisotopic (exact) mass is 209 g/mol. The van der Waals surface area contributed by atoms with Crippen LogP contribution in [0.25, 0.3) is 10.9 Å². The van der Waals surface area contributed by atoms with Crippen LogP contribution in [-0.2, 0) is 0 Å². The maximum Gasteiger partial charge on any atom is 0.387 e. The number of hydrogen-bond donors (Lipinski definition) is 0. The van der Waals surface area contributed by atoms with Crippen molar-refractivity contribution in [2.45, 2.75) is 13.5 Å². The van der Waals surface area contributed by atoms with Crippen molar-refractivity contribution < 1.29 is 13.5 Å². The van der Waals surface area contributed by atoms with E-state index in [1.165, 1.54) is 6.07 Å². The minimum absolute atomic E-state index is 0.117. The summed E-state index contributed by atoms with van der Waals surface area (Å²) in [6, 6.07) is 8.61. The van der Waals surface area contributed by atoms with Gasteiger partial charge in [-0.05, 0) is 19.1 Å². The molecule has 0 bridgehead atoms. The lowest BCUT2D eigenvalue weighted by Crippen LogP contribution is -2.02. The second kappa shape index (κ2) is 3.81. The minimum Gasteiger partial charge on any atom is -0.432 e. The molecule has 0 radical (unpaired) electrons. The number of aromatic nitrogens is 1. The van der Waals surface area contributed by atoms with E-state index >= 15 is 0 Å². The summed E-state index contributed by atoms with van der Waals surface area (Å²) >= 11 is 0. The van der Waals surface area contributed by atoms with E-state index in [2.05, 4.69) is 9.72 Å². The van der Waals surface area contributed by atoms with Gasteiger partial charge >= 0.3 is 6.61 Å². The van der Waals surface area contributed by atoms with Crippen LogP contribution in [0.3, 0.4) is 0 Å². The van der Waals surface area contributed by atoms with E-state index in [1.807, 2.05) is 12.1 Å². The molecule has 2 nitrogen and oxygen atoms in total. The maximum absolute atomic E-state index is 12.1. The molecule has 0 aliphatic rings.